The van der Waals surface area contributed by atoms with Crippen molar-refractivity contribution in [2.75, 3.05) is 0 Å². The van der Waals surface area contributed by atoms with Crippen molar-refractivity contribution in [2.24, 2.45) is 0 Å². The Balaban J connectivity index is 0.000000810. The Bertz CT molecular complexity index is 215. The summed E-state index contributed by atoms with van der Waals surface area (Å²) in [5.74, 6) is -1.04. The molecule has 0 atom stereocenters. The molecule has 0 radical (unpaired) electrons. The third-order valence-corrected chi connectivity index (χ3v) is 0.744. The van der Waals surface area contributed by atoms with E-state index < -0.39 is 5.97 Å². The van der Waals surface area contributed by atoms with Gasteiger partial charge in [-0.2, -0.15) is 0 Å². The van der Waals surface area contributed by atoms with Crippen molar-refractivity contribution < 1.29 is 9.90 Å². The zero-order chi connectivity index (χ0) is 6.69. The second-order valence-corrected chi connectivity index (χ2v) is 1.34. The molecule has 0 saturated carbocycles. The number of hydrogen-bond donors (Lipinski definition) is 1. The molecule has 0 aliphatic carbocycles. The molecule has 0 bridgehead atoms. The molecule has 0 spiro atoms. The Morgan fingerprint density at radius 2 is 1.90 bits per heavy atom. The second-order valence-electron chi connectivity index (χ2n) is 1.34. The summed E-state index contributed by atoms with van der Waals surface area (Å²) < 4.78 is 0. The molecule has 6 heteroatoms. The summed E-state index contributed by atoms with van der Waals surface area (Å²) >= 11 is 0. The Kier molecular flexibility index (Phi) is 4.10. The summed E-state index contributed by atoms with van der Waals surface area (Å²) in [7, 11) is 0. The molecule has 48 valence electrons. The molecule has 0 saturated heterocycles. The van der Waals surface area contributed by atoms with Gasteiger partial charge in [0.2, 0.25) is 0 Å². The van der Waals surface area contributed by atoms with E-state index in [1.54, 1.807) is 0 Å². The Labute approximate surface area is 78.8 Å². The molecule has 0 aromatic carbocycles. The minimum absolute atomic E-state index is 0. The number of aromatic nitrogens is 3. The summed E-state index contributed by atoms with van der Waals surface area (Å²) in [5.41, 5.74) is 0.0463. The average Bonchev–Trinajstić information content (AvgIpc) is 1.90. The zero-order valence-electron chi connectivity index (χ0n) is 4.35. The molecule has 0 aliphatic heterocycles. The van der Waals surface area contributed by atoms with Crippen LogP contribution in [0, 0.1) is 0 Å². The normalized spacial score (nSPS) is 8.00. The molecule has 0 unspecified atom stereocenters. The van der Waals surface area contributed by atoms with Crippen molar-refractivity contribution in [1.82, 2.24) is 15.4 Å². The van der Waals surface area contributed by atoms with Gasteiger partial charge < -0.3 is 5.11 Å². The number of nitrogens with zero attached hydrogens (tertiary/aromatic N) is 3. The molecular weight excluding hydrogens is 145 g/mol. The van der Waals surface area contributed by atoms with Crippen LogP contribution in [0.4, 0.5) is 0 Å². The van der Waals surface area contributed by atoms with Crippen LogP contribution in [0.5, 0.6) is 0 Å². The molecule has 1 aromatic heterocycles. The van der Waals surface area contributed by atoms with Gasteiger partial charge in [-0.1, -0.05) is 0 Å². The monoisotopic (exact) mass is 149 g/mol. The average molecular weight is 149 g/mol. The first-order valence-corrected chi connectivity index (χ1v) is 2.17. The summed E-state index contributed by atoms with van der Waals surface area (Å²) in [5, 5.41) is 18.0. The van der Waals surface area contributed by atoms with E-state index in [0.717, 1.165) is 12.4 Å². The van der Waals surface area contributed by atoms with Crippen molar-refractivity contribution in [3.63, 3.8) is 0 Å². The van der Waals surface area contributed by atoms with Crippen LogP contribution in [-0.2, 0) is 0 Å². The maximum atomic E-state index is 10.1. The van der Waals surface area contributed by atoms with Crippen molar-refractivity contribution in [1.29, 1.82) is 0 Å². The van der Waals surface area contributed by atoms with Crippen LogP contribution < -0.4 is 0 Å². The standard InChI is InChI=1S/C4H3N3O2.Na.H/c8-4(9)3-1-5-7-6-2-3;;/h1-2H,(H,8,9);;. The fraction of sp³-hybridized carbons (Fsp3) is 0. The Morgan fingerprint density at radius 1 is 1.40 bits per heavy atom. The van der Waals surface area contributed by atoms with Crippen molar-refractivity contribution >= 4 is 35.5 Å². The molecule has 0 amide bonds. The SMILES string of the molecule is O=C(O)c1cnnnc1.[NaH]. The van der Waals surface area contributed by atoms with E-state index in [0.29, 0.717) is 0 Å². The summed E-state index contributed by atoms with van der Waals surface area (Å²) in [6.07, 6.45) is 2.27. The van der Waals surface area contributed by atoms with Crippen molar-refractivity contribution in [3.05, 3.63) is 18.0 Å². The Hall–Kier alpha value is -0.520. The predicted octanol–water partition coefficient (Wildman–Crippen LogP) is -1.08. The van der Waals surface area contributed by atoms with Crippen LogP contribution in [-0.4, -0.2) is 56.0 Å². The van der Waals surface area contributed by atoms with Crippen LogP contribution in [0.15, 0.2) is 12.4 Å². The predicted molar refractivity (Wildman–Crippen MR) is 33.9 cm³/mol. The molecule has 0 fully saturated rings. The first-order valence-electron chi connectivity index (χ1n) is 2.17. The van der Waals surface area contributed by atoms with Gasteiger partial charge in [0.05, 0.1) is 18.0 Å². The fourth-order valence-corrected chi connectivity index (χ4v) is 0.350. The van der Waals surface area contributed by atoms with E-state index in [-0.39, 0.29) is 35.1 Å². The van der Waals surface area contributed by atoms with Gasteiger partial charge in [-0.3, -0.25) is 0 Å². The van der Waals surface area contributed by atoms with Crippen molar-refractivity contribution in [3.8, 4) is 0 Å². The van der Waals surface area contributed by atoms with Gasteiger partial charge in [0.15, 0.2) is 0 Å². The molecular formula is C4H4N3NaO2. The van der Waals surface area contributed by atoms with E-state index >= 15 is 0 Å². The second kappa shape index (κ2) is 4.32. The molecule has 5 nitrogen and oxygen atoms in total. The quantitative estimate of drug-likeness (QED) is 0.514. The van der Waals surface area contributed by atoms with Crippen LogP contribution >= 0.6 is 0 Å². The van der Waals surface area contributed by atoms with Gasteiger partial charge in [-0.15, -0.1) is 10.2 Å². The van der Waals surface area contributed by atoms with Crippen LogP contribution in [0.1, 0.15) is 10.4 Å². The fourth-order valence-electron chi connectivity index (χ4n) is 0.350. The topological polar surface area (TPSA) is 76.0 Å². The van der Waals surface area contributed by atoms with E-state index in [1.807, 2.05) is 0 Å². The summed E-state index contributed by atoms with van der Waals surface area (Å²) in [4.78, 5) is 10.1. The summed E-state index contributed by atoms with van der Waals surface area (Å²) in [6, 6.07) is 0. The minimum atomic E-state index is -1.04. The van der Waals surface area contributed by atoms with Gasteiger partial charge in [0, 0.05) is 0 Å². The van der Waals surface area contributed by atoms with E-state index in [2.05, 4.69) is 15.4 Å². The molecule has 0 aliphatic rings. The number of rotatable bonds is 1. The maximum absolute atomic E-state index is 10.1. The molecule has 1 rings (SSSR count). The molecule has 1 N–H and O–H groups in total. The van der Waals surface area contributed by atoms with E-state index in [4.69, 9.17) is 5.11 Å². The third-order valence-electron chi connectivity index (χ3n) is 0.744. The van der Waals surface area contributed by atoms with E-state index in [1.165, 1.54) is 0 Å². The van der Waals surface area contributed by atoms with Crippen LogP contribution in [0.2, 0.25) is 0 Å². The zero-order valence-corrected chi connectivity index (χ0v) is 4.35. The van der Waals surface area contributed by atoms with Crippen LogP contribution in [0.3, 0.4) is 0 Å². The van der Waals surface area contributed by atoms with Gasteiger partial charge in [-0.25, -0.2) is 4.79 Å². The molecule has 10 heavy (non-hydrogen) atoms. The number of carboxylic acid groups (broad SMARTS) is 1. The van der Waals surface area contributed by atoms with Gasteiger partial charge >= 0.3 is 35.5 Å². The van der Waals surface area contributed by atoms with Crippen LogP contribution in [0.25, 0.3) is 0 Å². The third kappa shape index (κ3) is 2.38. The number of carbonyl (C=O) groups is 1. The molecule has 1 heterocycles. The summed E-state index contributed by atoms with van der Waals surface area (Å²) in [6.45, 7) is 0. The molecule has 1 aromatic rings. The number of hydrogen-bond acceptors (Lipinski definition) is 4. The number of aromatic carboxylic acids is 1. The van der Waals surface area contributed by atoms with E-state index in [9.17, 15) is 4.79 Å². The first kappa shape index (κ1) is 9.48. The Morgan fingerprint density at radius 3 is 2.20 bits per heavy atom. The number of carboxylic acids is 1. The van der Waals surface area contributed by atoms with Gasteiger partial charge in [0.25, 0.3) is 0 Å². The first-order chi connectivity index (χ1) is 4.30. The van der Waals surface area contributed by atoms with Gasteiger partial charge in [-0.05, 0) is 5.21 Å². The van der Waals surface area contributed by atoms with Gasteiger partial charge in [0.1, 0.15) is 0 Å². The van der Waals surface area contributed by atoms with Crippen molar-refractivity contribution in [2.45, 2.75) is 0 Å².